The van der Waals surface area contributed by atoms with Crippen LogP contribution in [0.4, 0.5) is 0 Å². The topological polar surface area (TPSA) is 44.5 Å². The lowest BCUT2D eigenvalue weighted by atomic mass is 10.00. The molecule has 2 N–H and O–H groups in total. The minimum atomic E-state index is 0.654. The van der Waals surface area contributed by atoms with Crippen molar-refractivity contribution in [2.24, 2.45) is 5.73 Å². The van der Waals surface area contributed by atoms with E-state index in [0.29, 0.717) is 6.54 Å². The van der Waals surface area contributed by atoms with Crippen LogP contribution in [0.1, 0.15) is 16.7 Å². The van der Waals surface area contributed by atoms with Gasteiger partial charge in [-0.2, -0.15) is 0 Å². The van der Waals surface area contributed by atoms with Gasteiger partial charge in [0.25, 0.3) is 0 Å². The minimum Gasteiger partial charge on any atom is -0.493 e. The van der Waals surface area contributed by atoms with Gasteiger partial charge in [0.2, 0.25) is 0 Å². The first-order chi connectivity index (χ1) is 8.27. The van der Waals surface area contributed by atoms with Crippen LogP contribution in [-0.4, -0.2) is 26.9 Å². The van der Waals surface area contributed by atoms with Crippen LogP contribution in [0, 0.1) is 0 Å². The molecule has 1 aromatic rings. The van der Waals surface area contributed by atoms with Crippen LogP contribution in [-0.2, 0) is 24.0 Å². The van der Waals surface area contributed by atoms with E-state index >= 15 is 0 Å². The molecule has 17 heavy (non-hydrogen) atoms. The molecule has 0 aliphatic carbocycles. The van der Waals surface area contributed by atoms with Crippen LogP contribution in [0.5, 0.6) is 5.75 Å². The molecule has 0 atom stereocenters. The molecule has 0 fully saturated rings. The molecule has 0 spiro atoms. The Bertz CT molecular complexity index is 407. The average molecular weight is 300 g/mol. The molecule has 0 bridgehead atoms. The van der Waals surface area contributed by atoms with E-state index in [1.807, 2.05) is 0 Å². The molecular formula is C13H18BrNO2. The van der Waals surface area contributed by atoms with Crippen molar-refractivity contribution < 1.29 is 9.47 Å². The number of ether oxygens (including phenoxy) is 2. The van der Waals surface area contributed by atoms with Gasteiger partial charge in [0, 0.05) is 23.6 Å². The van der Waals surface area contributed by atoms with Gasteiger partial charge in [0.05, 0.1) is 13.2 Å². The van der Waals surface area contributed by atoms with E-state index in [1.165, 1.54) is 21.2 Å². The van der Waals surface area contributed by atoms with Crippen molar-refractivity contribution in [1.29, 1.82) is 0 Å². The zero-order valence-electron chi connectivity index (χ0n) is 10.1. The number of hydrogen-bond donors (Lipinski definition) is 1. The Kier molecular flexibility index (Phi) is 4.42. The predicted octanol–water partition coefficient (Wildman–Crippen LogP) is 2.07. The summed E-state index contributed by atoms with van der Waals surface area (Å²) in [4.78, 5) is 0. The van der Waals surface area contributed by atoms with Gasteiger partial charge in [-0.3, -0.25) is 0 Å². The third kappa shape index (κ3) is 2.64. The summed E-state index contributed by atoms with van der Waals surface area (Å²) in [7, 11) is 1.73. The van der Waals surface area contributed by atoms with Crippen molar-refractivity contribution in [1.82, 2.24) is 0 Å². The molecule has 0 saturated heterocycles. The molecule has 0 radical (unpaired) electrons. The summed E-state index contributed by atoms with van der Waals surface area (Å²) in [6.07, 6.45) is 2.77. The first-order valence-corrected chi connectivity index (χ1v) is 6.72. The molecular weight excluding hydrogens is 282 g/mol. The van der Waals surface area contributed by atoms with Gasteiger partial charge in [-0.05, 0) is 30.5 Å². The van der Waals surface area contributed by atoms with Crippen molar-refractivity contribution >= 4 is 15.9 Å². The van der Waals surface area contributed by atoms with Crippen LogP contribution in [0.25, 0.3) is 0 Å². The van der Waals surface area contributed by atoms with Gasteiger partial charge >= 0.3 is 0 Å². The van der Waals surface area contributed by atoms with Gasteiger partial charge in [0.1, 0.15) is 5.75 Å². The van der Waals surface area contributed by atoms with Gasteiger partial charge in [-0.25, -0.2) is 0 Å². The quantitative estimate of drug-likeness (QED) is 0.905. The van der Waals surface area contributed by atoms with Crippen molar-refractivity contribution in [2.75, 3.05) is 26.9 Å². The third-order valence-electron chi connectivity index (χ3n) is 3.05. The fourth-order valence-electron chi connectivity index (χ4n) is 2.22. The first kappa shape index (κ1) is 12.9. The molecule has 1 aliphatic rings. The Labute approximate surface area is 110 Å². The molecule has 0 amide bonds. The third-order valence-corrected chi connectivity index (χ3v) is 4.04. The van der Waals surface area contributed by atoms with Crippen LogP contribution >= 0.6 is 15.9 Å². The predicted molar refractivity (Wildman–Crippen MR) is 71.7 cm³/mol. The van der Waals surface area contributed by atoms with Crippen molar-refractivity contribution in [3.63, 3.8) is 0 Å². The highest BCUT2D eigenvalue weighted by Crippen LogP contribution is 2.38. The Morgan fingerprint density at radius 1 is 1.41 bits per heavy atom. The van der Waals surface area contributed by atoms with Gasteiger partial charge in [0.15, 0.2) is 0 Å². The zero-order chi connectivity index (χ0) is 12.3. The van der Waals surface area contributed by atoms with E-state index in [1.54, 1.807) is 7.11 Å². The standard InChI is InChI=1S/C13H18BrNO2/c1-16-6-3-9-8-10(2-5-15)13-11(12(9)14)4-7-17-13/h8H,2-7,15H2,1H3. The smallest absolute Gasteiger partial charge is 0.127 e. The highest BCUT2D eigenvalue weighted by molar-refractivity contribution is 9.10. The fraction of sp³-hybridized carbons (Fsp3) is 0.538. The Morgan fingerprint density at radius 3 is 2.94 bits per heavy atom. The number of hydrogen-bond acceptors (Lipinski definition) is 3. The first-order valence-electron chi connectivity index (χ1n) is 5.92. The van der Waals surface area contributed by atoms with E-state index in [0.717, 1.165) is 38.2 Å². The van der Waals surface area contributed by atoms with E-state index in [2.05, 4.69) is 22.0 Å². The zero-order valence-corrected chi connectivity index (χ0v) is 11.7. The Morgan fingerprint density at radius 2 is 2.24 bits per heavy atom. The van der Waals surface area contributed by atoms with Crippen LogP contribution in [0.3, 0.4) is 0 Å². The summed E-state index contributed by atoms with van der Waals surface area (Å²) < 4.78 is 12.0. The van der Waals surface area contributed by atoms with E-state index in [-0.39, 0.29) is 0 Å². The van der Waals surface area contributed by atoms with E-state index in [4.69, 9.17) is 15.2 Å². The summed E-state index contributed by atoms with van der Waals surface area (Å²) in [5.74, 6) is 1.04. The second kappa shape index (κ2) is 5.85. The van der Waals surface area contributed by atoms with Crippen molar-refractivity contribution in [3.8, 4) is 5.75 Å². The summed E-state index contributed by atoms with van der Waals surface area (Å²) >= 11 is 3.68. The number of halogens is 1. The van der Waals surface area contributed by atoms with Crippen LogP contribution in [0.15, 0.2) is 10.5 Å². The second-order valence-electron chi connectivity index (χ2n) is 4.20. The maximum atomic E-state index is 5.71. The number of nitrogens with two attached hydrogens (primary N) is 1. The lowest BCUT2D eigenvalue weighted by molar-refractivity contribution is 0.202. The van der Waals surface area contributed by atoms with E-state index < -0.39 is 0 Å². The highest BCUT2D eigenvalue weighted by Gasteiger charge is 2.21. The van der Waals surface area contributed by atoms with Crippen LogP contribution in [0.2, 0.25) is 0 Å². The normalized spacial score (nSPS) is 13.6. The number of methoxy groups -OCH3 is 1. The summed E-state index contributed by atoms with van der Waals surface area (Å²) in [5.41, 5.74) is 9.47. The molecule has 1 aromatic carbocycles. The molecule has 1 aliphatic heterocycles. The number of fused-ring (bicyclic) bond motifs is 1. The summed E-state index contributed by atoms with van der Waals surface area (Å²) in [6, 6.07) is 2.19. The monoisotopic (exact) mass is 299 g/mol. The molecule has 0 aromatic heterocycles. The van der Waals surface area contributed by atoms with Gasteiger partial charge in [-0.15, -0.1) is 0 Å². The minimum absolute atomic E-state index is 0.654. The van der Waals surface area contributed by atoms with Crippen LogP contribution < -0.4 is 10.5 Å². The molecule has 1 heterocycles. The average Bonchev–Trinajstić information content (AvgIpc) is 2.81. The largest absolute Gasteiger partial charge is 0.493 e. The second-order valence-corrected chi connectivity index (χ2v) is 4.99. The lowest BCUT2D eigenvalue weighted by Gasteiger charge is -2.13. The molecule has 0 saturated carbocycles. The molecule has 0 unspecified atom stereocenters. The maximum Gasteiger partial charge on any atom is 0.127 e. The lowest BCUT2D eigenvalue weighted by Crippen LogP contribution is -2.06. The van der Waals surface area contributed by atoms with Crippen molar-refractivity contribution in [2.45, 2.75) is 19.3 Å². The number of rotatable bonds is 5. The summed E-state index contributed by atoms with van der Waals surface area (Å²) in [6.45, 7) is 2.17. The fourth-order valence-corrected chi connectivity index (χ4v) is 2.91. The van der Waals surface area contributed by atoms with E-state index in [9.17, 15) is 0 Å². The highest BCUT2D eigenvalue weighted by atomic mass is 79.9. The molecule has 2 rings (SSSR count). The Balaban J connectivity index is 2.36. The summed E-state index contributed by atoms with van der Waals surface area (Å²) in [5, 5.41) is 0. The van der Waals surface area contributed by atoms with Gasteiger partial charge in [-0.1, -0.05) is 22.0 Å². The Hall–Kier alpha value is -0.580. The molecule has 94 valence electrons. The molecule has 3 nitrogen and oxygen atoms in total. The number of benzene rings is 1. The van der Waals surface area contributed by atoms with Gasteiger partial charge < -0.3 is 15.2 Å². The molecule has 4 heteroatoms. The van der Waals surface area contributed by atoms with Crippen molar-refractivity contribution in [3.05, 3.63) is 27.2 Å². The maximum absolute atomic E-state index is 5.71. The SMILES string of the molecule is COCCc1cc(CCN)c2c(c1Br)CCO2.